The minimum atomic E-state index is -0.776. The molecule has 1 unspecified atom stereocenters. The summed E-state index contributed by atoms with van der Waals surface area (Å²) in [5, 5.41) is 15.1. The minimum Gasteiger partial charge on any atom is -0.387 e. The second kappa shape index (κ2) is 6.54. The number of aliphatic hydroxyl groups is 1. The number of aryl methyl sites for hydroxylation is 1. The highest BCUT2D eigenvalue weighted by Crippen LogP contribution is 2.20. The fraction of sp³-hybridized carbons (Fsp3) is 0.167. The standard InChI is InChI=1S/C18H17N3O2/c1-12-9-20-16(10-19-12)18(23)21-11-17(22)15-7-6-13-4-2-3-5-14(13)8-15/h2-10,17,22H,11H2,1H3,(H,21,23). The average molecular weight is 307 g/mol. The van der Waals surface area contributed by atoms with Crippen molar-refractivity contribution in [2.24, 2.45) is 0 Å². The van der Waals surface area contributed by atoms with Gasteiger partial charge in [-0.05, 0) is 29.3 Å². The van der Waals surface area contributed by atoms with E-state index in [9.17, 15) is 9.90 Å². The molecule has 2 N–H and O–H groups in total. The van der Waals surface area contributed by atoms with Crippen LogP contribution in [0.1, 0.15) is 27.8 Å². The predicted molar refractivity (Wildman–Crippen MR) is 88.0 cm³/mol. The molecule has 1 heterocycles. The summed E-state index contributed by atoms with van der Waals surface area (Å²) in [4.78, 5) is 20.0. The molecule has 1 amide bonds. The Kier molecular flexibility index (Phi) is 4.30. The number of carbonyl (C=O) groups excluding carboxylic acids is 1. The van der Waals surface area contributed by atoms with E-state index in [0.29, 0.717) is 0 Å². The number of aromatic nitrogens is 2. The summed E-state index contributed by atoms with van der Waals surface area (Å²) in [5.74, 6) is -0.350. The van der Waals surface area contributed by atoms with Crippen LogP contribution in [0.5, 0.6) is 0 Å². The third kappa shape index (κ3) is 3.52. The van der Waals surface area contributed by atoms with Crippen LogP contribution < -0.4 is 5.32 Å². The van der Waals surface area contributed by atoms with Crippen molar-refractivity contribution >= 4 is 16.7 Å². The van der Waals surface area contributed by atoms with Crippen molar-refractivity contribution in [3.05, 3.63) is 71.8 Å². The number of carbonyl (C=O) groups is 1. The Morgan fingerprint density at radius 2 is 1.91 bits per heavy atom. The highest BCUT2D eigenvalue weighted by Gasteiger charge is 2.12. The summed E-state index contributed by atoms with van der Waals surface area (Å²) in [7, 11) is 0. The zero-order valence-corrected chi connectivity index (χ0v) is 12.7. The Balaban J connectivity index is 1.67. The maximum atomic E-state index is 12.0. The topological polar surface area (TPSA) is 75.1 Å². The number of hydrogen-bond donors (Lipinski definition) is 2. The normalized spacial score (nSPS) is 12.1. The van der Waals surface area contributed by atoms with Gasteiger partial charge >= 0.3 is 0 Å². The van der Waals surface area contributed by atoms with Gasteiger partial charge in [-0.25, -0.2) is 4.98 Å². The van der Waals surface area contributed by atoms with Gasteiger partial charge in [0.05, 0.1) is 18.0 Å². The molecule has 0 aliphatic carbocycles. The van der Waals surface area contributed by atoms with Crippen molar-refractivity contribution in [1.29, 1.82) is 0 Å². The van der Waals surface area contributed by atoms with Crippen molar-refractivity contribution in [3.8, 4) is 0 Å². The van der Waals surface area contributed by atoms with Crippen molar-refractivity contribution < 1.29 is 9.90 Å². The van der Waals surface area contributed by atoms with E-state index < -0.39 is 6.10 Å². The zero-order valence-electron chi connectivity index (χ0n) is 12.7. The quantitative estimate of drug-likeness (QED) is 0.776. The second-order valence-corrected chi connectivity index (χ2v) is 5.38. The number of fused-ring (bicyclic) bond motifs is 1. The van der Waals surface area contributed by atoms with Gasteiger partial charge in [-0.2, -0.15) is 0 Å². The van der Waals surface area contributed by atoms with Crippen molar-refractivity contribution in [3.63, 3.8) is 0 Å². The van der Waals surface area contributed by atoms with Gasteiger partial charge in [-0.15, -0.1) is 0 Å². The van der Waals surface area contributed by atoms with Gasteiger partial charge in [-0.3, -0.25) is 9.78 Å². The first-order chi connectivity index (χ1) is 11.1. The number of nitrogens with one attached hydrogen (secondary N) is 1. The molecule has 0 radical (unpaired) electrons. The summed E-state index contributed by atoms with van der Waals surface area (Å²) in [5.41, 5.74) is 1.75. The van der Waals surface area contributed by atoms with Gasteiger partial charge in [0.1, 0.15) is 5.69 Å². The largest absolute Gasteiger partial charge is 0.387 e. The van der Waals surface area contributed by atoms with Crippen molar-refractivity contribution in [2.45, 2.75) is 13.0 Å². The first-order valence-electron chi connectivity index (χ1n) is 7.37. The molecular weight excluding hydrogens is 290 g/mol. The molecule has 3 aromatic rings. The number of aliphatic hydroxyl groups excluding tert-OH is 1. The summed E-state index contributed by atoms with van der Waals surface area (Å²) >= 11 is 0. The molecule has 1 aromatic heterocycles. The van der Waals surface area contributed by atoms with Crippen LogP contribution in [0.3, 0.4) is 0 Å². The Morgan fingerprint density at radius 1 is 1.13 bits per heavy atom. The lowest BCUT2D eigenvalue weighted by Gasteiger charge is -2.13. The summed E-state index contributed by atoms with van der Waals surface area (Å²) in [6.45, 7) is 1.92. The van der Waals surface area contributed by atoms with Gasteiger partial charge < -0.3 is 10.4 Å². The summed E-state index contributed by atoms with van der Waals surface area (Å²) in [6, 6.07) is 13.7. The molecule has 0 aliphatic heterocycles. The number of rotatable bonds is 4. The van der Waals surface area contributed by atoms with Crippen LogP contribution in [0.15, 0.2) is 54.9 Å². The SMILES string of the molecule is Cc1cnc(C(=O)NCC(O)c2ccc3ccccc3c2)cn1. The summed E-state index contributed by atoms with van der Waals surface area (Å²) < 4.78 is 0. The number of nitrogens with zero attached hydrogens (tertiary/aromatic N) is 2. The van der Waals surface area contributed by atoms with Crippen LogP contribution in [0.4, 0.5) is 0 Å². The lowest BCUT2D eigenvalue weighted by Crippen LogP contribution is -2.29. The predicted octanol–water partition coefficient (Wildman–Crippen LogP) is 2.40. The Hall–Kier alpha value is -2.79. The molecule has 0 saturated carbocycles. The van der Waals surface area contributed by atoms with Crippen LogP contribution in [0.2, 0.25) is 0 Å². The van der Waals surface area contributed by atoms with Gasteiger partial charge in [0.15, 0.2) is 0 Å². The lowest BCUT2D eigenvalue weighted by molar-refractivity contribution is 0.0911. The fourth-order valence-electron chi connectivity index (χ4n) is 2.32. The number of hydrogen-bond acceptors (Lipinski definition) is 4. The van der Waals surface area contributed by atoms with Gasteiger partial charge in [0, 0.05) is 12.7 Å². The first kappa shape index (κ1) is 15.1. The zero-order chi connectivity index (χ0) is 16.2. The van der Waals surface area contributed by atoms with E-state index in [1.54, 1.807) is 6.92 Å². The minimum absolute atomic E-state index is 0.118. The van der Waals surface area contributed by atoms with E-state index in [4.69, 9.17) is 0 Å². The molecule has 23 heavy (non-hydrogen) atoms. The molecule has 0 fully saturated rings. The van der Waals surface area contributed by atoms with Crippen LogP contribution in [-0.4, -0.2) is 27.5 Å². The summed E-state index contributed by atoms with van der Waals surface area (Å²) in [6.07, 6.45) is 2.18. The third-order valence-electron chi connectivity index (χ3n) is 3.63. The van der Waals surface area contributed by atoms with Crippen LogP contribution in [0.25, 0.3) is 10.8 Å². The van der Waals surface area contributed by atoms with Crippen LogP contribution in [0, 0.1) is 6.92 Å². The number of benzene rings is 2. The molecule has 0 bridgehead atoms. The highest BCUT2D eigenvalue weighted by atomic mass is 16.3. The van der Waals surface area contributed by atoms with E-state index in [1.807, 2.05) is 42.5 Å². The van der Waals surface area contributed by atoms with E-state index in [1.165, 1.54) is 12.4 Å². The molecule has 1 atom stereocenters. The van der Waals surface area contributed by atoms with Crippen molar-refractivity contribution in [2.75, 3.05) is 6.54 Å². The maximum Gasteiger partial charge on any atom is 0.271 e. The van der Waals surface area contributed by atoms with E-state index in [0.717, 1.165) is 22.0 Å². The Morgan fingerprint density at radius 3 is 2.65 bits per heavy atom. The molecule has 5 heteroatoms. The lowest BCUT2D eigenvalue weighted by atomic mass is 10.0. The van der Waals surface area contributed by atoms with Crippen LogP contribution >= 0.6 is 0 Å². The first-order valence-corrected chi connectivity index (χ1v) is 7.37. The molecule has 2 aromatic carbocycles. The van der Waals surface area contributed by atoms with E-state index >= 15 is 0 Å². The van der Waals surface area contributed by atoms with Gasteiger partial charge in [0.2, 0.25) is 0 Å². The molecule has 5 nitrogen and oxygen atoms in total. The maximum absolute atomic E-state index is 12.0. The van der Waals surface area contributed by atoms with Crippen LogP contribution in [-0.2, 0) is 0 Å². The monoisotopic (exact) mass is 307 g/mol. The molecule has 116 valence electrons. The van der Waals surface area contributed by atoms with Gasteiger partial charge in [-0.1, -0.05) is 36.4 Å². The second-order valence-electron chi connectivity index (χ2n) is 5.38. The highest BCUT2D eigenvalue weighted by molar-refractivity contribution is 5.91. The smallest absolute Gasteiger partial charge is 0.271 e. The number of amides is 1. The molecule has 0 spiro atoms. The molecule has 0 aliphatic rings. The Labute approximate surface area is 134 Å². The van der Waals surface area contributed by atoms with E-state index in [2.05, 4.69) is 15.3 Å². The molecular formula is C18H17N3O2. The third-order valence-corrected chi connectivity index (χ3v) is 3.63. The molecule has 3 rings (SSSR count). The van der Waals surface area contributed by atoms with E-state index in [-0.39, 0.29) is 18.1 Å². The Bertz CT molecular complexity index is 831. The average Bonchev–Trinajstić information content (AvgIpc) is 2.59. The fourth-order valence-corrected chi connectivity index (χ4v) is 2.32. The molecule has 0 saturated heterocycles. The van der Waals surface area contributed by atoms with Crippen molar-refractivity contribution in [1.82, 2.24) is 15.3 Å². The van der Waals surface area contributed by atoms with Gasteiger partial charge in [0.25, 0.3) is 5.91 Å².